The van der Waals surface area contributed by atoms with Crippen LogP contribution in [-0.4, -0.2) is 38.1 Å². The minimum atomic E-state index is -0.117. The Morgan fingerprint density at radius 2 is 2.08 bits per heavy atom. The number of nitrogens with zero attached hydrogens (tertiary/aromatic N) is 2. The number of carbonyl (C=O) groups excluding carboxylic acids is 1. The molecule has 136 valence electrons. The van der Waals surface area contributed by atoms with E-state index in [9.17, 15) is 9.90 Å². The number of carbonyl (C=O) groups is 1. The highest BCUT2D eigenvalue weighted by Gasteiger charge is 2.14. The topological polar surface area (TPSA) is 67.2 Å². The highest BCUT2D eigenvalue weighted by atomic mass is 32.2. The molecule has 1 saturated carbocycles. The fourth-order valence-corrected chi connectivity index (χ4v) is 4.67. The number of imidazole rings is 1. The average molecular weight is 362 g/mol. The van der Waals surface area contributed by atoms with E-state index < -0.39 is 0 Å². The first kappa shape index (κ1) is 18.3. The number of thioether (sulfide) groups is 1. The standard InChI is InChI=1S/C19H27N3O2S/c23-14-18-21-16-8-4-5-9-17(16)22(18)12-10-19(24)20-11-13-25-15-6-2-1-3-7-15/h4-5,8-9,15,23H,1-3,6-7,10-14H2,(H,20,24). The largest absolute Gasteiger partial charge is 0.388 e. The molecule has 5 nitrogen and oxygen atoms in total. The first-order valence-electron chi connectivity index (χ1n) is 9.21. The van der Waals surface area contributed by atoms with Crippen LogP contribution in [0.3, 0.4) is 0 Å². The molecule has 1 amide bonds. The molecular weight excluding hydrogens is 334 g/mol. The van der Waals surface area contributed by atoms with E-state index in [0.717, 1.165) is 28.6 Å². The van der Waals surface area contributed by atoms with Gasteiger partial charge in [-0.05, 0) is 25.0 Å². The summed E-state index contributed by atoms with van der Waals surface area (Å²) in [6.07, 6.45) is 7.16. The predicted molar refractivity (Wildman–Crippen MR) is 103 cm³/mol. The number of hydrogen-bond donors (Lipinski definition) is 2. The van der Waals surface area contributed by atoms with E-state index in [-0.39, 0.29) is 12.5 Å². The quantitative estimate of drug-likeness (QED) is 0.709. The summed E-state index contributed by atoms with van der Waals surface area (Å²) >= 11 is 2.00. The fourth-order valence-electron chi connectivity index (χ4n) is 3.45. The van der Waals surface area contributed by atoms with Crippen LogP contribution < -0.4 is 5.32 Å². The molecule has 2 aromatic rings. The van der Waals surface area contributed by atoms with Crippen LogP contribution in [0.2, 0.25) is 0 Å². The number of hydrogen-bond acceptors (Lipinski definition) is 4. The number of nitrogens with one attached hydrogen (secondary N) is 1. The van der Waals surface area contributed by atoms with Crippen LogP contribution in [0, 0.1) is 0 Å². The lowest BCUT2D eigenvalue weighted by atomic mass is 10.0. The third-order valence-corrected chi connectivity index (χ3v) is 6.15. The highest BCUT2D eigenvalue weighted by molar-refractivity contribution is 7.99. The molecule has 1 fully saturated rings. The molecule has 25 heavy (non-hydrogen) atoms. The van der Waals surface area contributed by atoms with E-state index in [4.69, 9.17) is 0 Å². The van der Waals surface area contributed by atoms with Crippen molar-refractivity contribution in [1.29, 1.82) is 0 Å². The molecule has 0 aliphatic heterocycles. The molecule has 0 bridgehead atoms. The number of aryl methyl sites for hydroxylation is 1. The Labute approximate surface area is 153 Å². The van der Waals surface area contributed by atoms with Gasteiger partial charge in [-0.25, -0.2) is 4.98 Å². The molecule has 2 N–H and O–H groups in total. The molecule has 6 heteroatoms. The van der Waals surface area contributed by atoms with E-state index in [0.29, 0.717) is 18.8 Å². The maximum Gasteiger partial charge on any atom is 0.221 e. The molecule has 1 aromatic carbocycles. The number of amides is 1. The van der Waals surface area contributed by atoms with Crippen LogP contribution in [0.4, 0.5) is 0 Å². The minimum absolute atomic E-state index is 0.0610. The third kappa shape index (κ3) is 4.98. The Kier molecular flexibility index (Phi) is 6.76. The number of fused-ring (bicyclic) bond motifs is 1. The summed E-state index contributed by atoms with van der Waals surface area (Å²) in [7, 11) is 0. The number of benzene rings is 1. The summed E-state index contributed by atoms with van der Waals surface area (Å²) in [5.74, 6) is 1.67. The van der Waals surface area contributed by atoms with Crippen molar-refractivity contribution in [2.45, 2.75) is 56.9 Å². The van der Waals surface area contributed by atoms with Crippen molar-refractivity contribution in [3.05, 3.63) is 30.1 Å². The van der Waals surface area contributed by atoms with Crippen LogP contribution in [0.5, 0.6) is 0 Å². The lowest BCUT2D eigenvalue weighted by Crippen LogP contribution is -2.27. The van der Waals surface area contributed by atoms with Gasteiger partial charge in [0, 0.05) is 30.5 Å². The molecule has 3 rings (SSSR count). The zero-order chi connectivity index (χ0) is 17.5. The normalized spacial score (nSPS) is 15.6. The second-order valence-electron chi connectivity index (χ2n) is 6.56. The van der Waals surface area contributed by atoms with Crippen LogP contribution in [-0.2, 0) is 17.9 Å². The maximum absolute atomic E-state index is 12.1. The van der Waals surface area contributed by atoms with Gasteiger partial charge in [0.25, 0.3) is 0 Å². The van der Waals surface area contributed by atoms with Crippen LogP contribution >= 0.6 is 11.8 Å². The van der Waals surface area contributed by atoms with Gasteiger partial charge >= 0.3 is 0 Å². The first-order chi connectivity index (χ1) is 12.3. The molecular formula is C19H27N3O2S. The van der Waals surface area contributed by atoms with Crippen molar-refractivity contribution in [2.24, 2.45) is 0 Å². The van der Waals surface area contributed by atoms with E-state index in [2.05, 4.69) is 10.3 Å². The average Bonchev–Trinajstić information content (AvgIpc) is 3.02. The lowest BCUT2D eigenvalue weighted by molar-refractivity contribution is -0.121. The summed E-state index contributed by atoms with van der Waals surface area (Å²) in [4.78, 5) is 16.5. The predicted octanol–water partition coefficient (Wildman–Crippen LogP) is 3.10. The Balaban J connectivity index is 1.43. The van der Waals surface area contributed by atoms with Crippen molar-refractivity contribution < 1.29 is 9.90 Å². The summed E-state index contributed by atoms with van der Waals surface area (Å²) in [5, 5.41) is 13.3. The molecule has 1 aliphatic carbocycles. The highest BCUT2D eigenvalue weighted by Crippen LogP contribution is 2.27. The second kappa shape index (κ2) is 9.25. The zero-order valence-electron chi connectivity index (χ0n) is 14.6. The fraction of sp³-hybridized carbons (Fsp3) is 0.579. The summed E-state index contributed by atoms with van der Waals surface area (Å²) in [6, 6.07) is 7.77. The summed E-state index contributed by atoms with van der Waals surface area (Å²) < 4.78 is 1.94. The van der Waals surface area contributed by atoms with E-state index in [1.165, 1.54) is 32.1 Å². The zero-order valence-corrected chi connectivity index (χ0v) is 15.4. The van der Waals surface area contributed by atoms with Gasteiger partial charge < -0.3 is 15.0 Å². The van der Waals surface area contributed by atoms with Crippen LogP contribution in [0.1, 0.15) is 44.3 Å². The summed E-state index contributed by atoms with van der Waals surface area (Å²) in [6.45, 7) is 1.16. The van der Waals surface area contributed by atoms with E-state index in [1.807, 2.05) is 40.6 Å². The van der Waals surface area contributed by atoms with Gasteiger partial charge in [0.2, 0.25) is 5.91 Å². The number of aliphatic hydroxyl groups excluding tert-OH is 1. The Hall–Kier alpha value is -1.53. The van der Waals surface area contributed by atoms with Gasteiger partial charge in [0.05, 0.1) is 11.0 Å². The molecule has 1 heterocycles. The number of aromatic nitrogens is 2. The van der Waals surface area contributed by atoms with Crippen LogP contribution in [0.25, 0.3) is 11.0 Å². The van der Waals surface area contributed by atoms with Crippen molar-refractivity contribution in [3.8, 4) is 0 Å². The second-order valence-corrected chi connectivity index (χ2v) is 7.97. The van der Waals surface area contributed by atoms with Crippen molar-refractivity contribution in [2.75, 3.05) is 12.3 Å². The molecule has 0 spiro atoms. The number of rotatable bonds is 8. The minimum Gasteiger partial charge on any atom is -0.388 e. The Morgan fingerprint density at radius 1 is 1.28 bits per heavy atom. The van der Waals surface area contributed by atoms with Gasteiger partial charge in [0.1, 0.15) is 12.4 Å². The molecule has 0 atom stereocenters. The molecule has 0 unspecified atom stereocenters. The molecule has 1 aliphatic rings. The van der Waals surface area contributed by atoms with Gasteiger partial charge in [-0.3, -0.25) is 4.79 Å². The maximum atomic E-state index is 12.1. The Morgan fingerprint density at radius 3 is 2.88 bits per heavy atom. The Bertz CT molecular complexity index is 695. The van der Waals surface area contributed by atoms with Gasteiger partial charge in [0.15, 0.2) is 0 Å². The molecule has 0 radical (unpaired) electrons. The number of aliphatic hydroxyl groups is 1. The molecule has 1 aromatic heterocycles. The van der Waals surface area contributed by atoms with Crippen molar-refractivity contribution in [1.82, 2.24) is 14.9 Å². The van der Waals surface area contributed by atoms with Crippen molar-refractivity contribution in [3.63, 3.8) is 0 Å². The van der Waals surface area contributed by atoms with Gasteiger partial charge in [-0.2, -0.15) is 11.8 Å². The summed E-state index contributed by atoms with van der Waals surface area (Å²) in [5.41, 5.74) is 1.82. The van der Waals surface area contributed by atoms with E-state index in [1.54, 1.807) is 0 Å². The van der Waals surface area contributed by atoms with Gasteiger partial charge in [-0.1, -0.05) is 31.4 Å². The van der Waals surface area contributed by atoms with Crippen LogP contribution in [0.15, 0.2) is 24.3 Å². The van der Waals surface area contributed by atoms with Gasteiger partial charge in [-0.15, -0.1) is 0 Å². The third-order valence-electron chi connectivity index (χ3n) is 4.77. The lowest BCUT2D eigenvalue weighted by Gasteiger charge is -2.20. The first-order valence-corrected chi connectivity index (χ1v) is 10.3. The monoisotopic (exact) mass is 361 g/mol. The van der Waals surface area contributed by atoms with E-state index >= 15 is 0 Å². The SMILES string of the molecule is O=C(CCn1c(CO)nc2ccccc21)NCCSC1CCCCC1. The molecule has 0 saturated heterocycles. The van der Waals surface area contributed by atoms with Crippen molar-refractivity contribution >= 4 is 28.7 Å². The number of para-hydroxylation sites is 2. The smallest absolute Gasteiger partial charge is 0.221 e.